The summed E-state index contributed by atoms with van der Waals surface area (Å²) < 4.78 is 171. The van der Waals surface area contributed by atoms with E-state index in [9.17, 15) is 11.0 Å². The van der Waals surface area contributed by atoms with Crippen LogP contribution >= 0.6 is 0 Å². The maximum Gasteiger partial charge on any atom is 0.136 e. The predicted molar refractivity (Wildman–Crippen MR) is 217 cm³/mol. The van der Waals surface area contributed by atoms with Crippen LogP contribution in [-0.4, -0.2) is 0 Å². The Kier molecular flexibility index (Phi) is 3.01. The minimum atomic E-state index is -0.611. The average Bonchev–Trinajstić information content (AvgIpc) is 3.72. The van der Waals surface area contributed by atoms with E-state index in [1.54, 1.807) is 30.3 Å². The minimum Gasteiger partial charge on any atom is -0.456 e. The van der Waals surface area contributed by atoms with Gasteiger partial charge in [0.1, 0.15) is 11.2 Å². The molecule has 234 valence electrons. The van der Waals surface area contributed by atoms with Crippen molar-refractivity contribution in [2.75, 3.05) is 0 Å². The third-order valence-corrected chi connectivity index (χ3v) is 9.85. The van der Waals surface area contributed by atoms with Crippen LogP contribution in [0, 0.1) is 0 Å². The molecular weight excluding hydrogens is 617 g/mol. The summed E-state index contributed by atoms with van der Waals surface area (Å²) >= 11 is 0. The molecule has 0 aliphatic heterocycles. The van der Waals surface area contributed by atoms with Crippen LogP contribution in [0.5, 0.6) is 0 Å². The van der Waals surface area contributed by atoms with Gasteiger partial charge in [-0.15, -0.1) is 0 Å². The Morgan fingerprint density at radius 1 is 0.333 bits per heavy atom. The van der Waals surface area contributed by atoms with Gasteiger partial charge in [-0.2, -0.15) is 0 Å². The lowest BCUT2D eigenvalue weighted by atomic mass is 9.85. The van der Waals surface area contributed by atoms with Gasteiger partial charge in [-0.3, -0.25) is 0 Å². The molecule has 0 atom stereocenters. The number of benzene rings is 11. The summed E-state index contributed by atoms with van der Waals surface area (Å²) in [6, 6.07) is 7.64. The third-order valence-electron chi connectivity index (χ3n) is 9.85. The summed E-state index contributed by atoms with van der Waals surface area (Å²) in [5.41, 5.74) is 2.02. The summed E-state index contributed by atoms with van der Waals surface area (Å²) in [5.74, 6) is 0. The zero-order valence-electron chi connectivity index (χ0n) is 44.2. The first-order valence-electron chi connectivity index (χ1n) is 25.2. The number of rotatable bonds is 3. The number of para-hydroxylation sites is 1. The van der Waals surface area contributed by atoms with Gasteiger partial charge in [-0.1, -0.05) is 139 Å². The Balaban J connectivity index is 1.32. The van der Waals surface area contributed by atoms with Crippen molar-refractivity contribution in [3.05, 3.63) is 169 Å². The molecule has 0 saturated carbocycles. The molecule has 1 heterocycles. The van der Waals surface area contributed by atoms with Crippen LogP contribution in [0.2, 0.25) is 0 Å². The van der Waals surface area contributed by atoms with Crippen molar-refractivity contribution in [3.63, 3.8) is 0 Å². The summed E-state index contributed by atoms with van der Waals surface area (Å²) in [4.78, 5) is 0. The lowest BCUT2D eigenvalue weighted by Crippen LogP contribution is -1.91. The van der Waals surface area contributed by atoms with Crippen LogP contribution < -0.4 is 0 Å². The van der Waals surface area contributed by atoms with E-state index in [4.69, 9.17) is 18.1 Å². The number of furan rings is 1. The van der Waals surface area contributed by atoms with Crippen LogP contribution in [0.4, 0.5) is 0 Å². The number of hydrogen-bond acceptors (Lipinski definition) is 1. The molecule has 0 spiro atoms. The lowest BCUT2D eigenvalue weighted by Gasteiger charge is -2.18. The van der Waals surface area contributed by atoms with Crippen molar-refractivity contribution in [1.82, 2.24) is 0 Å². The van der Waals surface area contributed by atoms with Crippen LogP contribution in [0.3, 0.4) is 0 Å². The molecule has 11 aromatic carbocycles. The molecule has 1 aromatic heterocycles. The highest BCUT2D eigenvalue weighted by atomic mass is 16.3. The van der Waals surface area contributed by atoms with E-state index >= 15 is 0 Å². The second kappa shape index (κ2) is 9.94. The normalized spacial score (nSPS) is 17.3. The van der Waals surface area contributed by atoms with E-state index in [2.05, 4.69) is 0 Å². The molecule has 0 aliphatic rings. The number of fused-ring (bicyclic) bond motifs is 3. The minimum absolute atomic E-state index is 0.0279. The SMILES string of the molecule is [2H]c1c([2H])c2c([2H])c([2H])c3c([2H])c([2H])c(-c4cc(-c5c([2H])c([2H])c6c([2H])c([2H])c7c([2H])c([2H])c([2H])c8c([2H])c([2H])c5c6c78)cc(-c5cccc6oc7ccccc7c56)c4)c4c([2H])c([2H])c(c1[2H])c2c34. The van der Waals surface area contributed by atoms with Crippen LogP contribution in [0.25, 0.3) is 120 Å². The standard InChI is InChI=1S/C50H28O/c1-2-12-44-43(10-1)50-40(11-5-13-45(50)51-44)37-27-35(38-22-18-33-16-14-29-6-3-8-31-20-24-41(38)48(33)46(29)31)26-36(28-37)39-23-19-34-17-15-30-7-4-9-32-21-25-42(39)49(34)47(30)32/h1-28H/i3D,4D,6D,7D,8D,9D,14D,15D,16D,17D,18D,19D,20D,21D,22D,23D,24D,25D. The Morgan fingerprint density at radius 3 is 1.35 bits per heavy atom. The highest BCUT2D eigenvalue weighted by Gasteiger charge is 2.19. The average molecular weight is 663 g/mol. The Morgan fingerprint density at radius 2 is 0.784 bits per heavy atom. The first kappa shape index (κ1) is 15.5. The number of hydrogen-bond donors (Lipinski definition) is 0. The summed E-state index contributed by atoms with van der Waals surface area (Å²) in [5, 5.41) is -0.363. The van der Waals surface area contributed by atoms with E-state index in [1.165, 1.54) is 6.07 Å². The zero-order valence-corrected chi connectivity index (χ0v) is 26.2. The van der Waals surface area contributed by atoms with E-state index in [1.807, 2.05) is 24.3 Å². The lowest BCUT2D eigenvalue weighted by molar-refractivity contribution is 0.669. The molecule has 51 heavy (non-hydrogen) atoms. The first-order valence-corrected chi connectivity index (χ1v) is 16.2. The van der Waals surface area contributed by atoms with Crippen molar-refractivity contribution in [2.45, 2.75) is 0 Å². The van der Waals surface area contributed by atoms with Crippen molar-refractivity contribution in [2.24, 2.45) is 0 Å². The van der Waals surface area contributed by atoms with Crippen molar-refractivity contribution < 1.29 is 29.1 Å². The fraction of sp³-hybridized carbons (Fsp3) is 0. The molecule has 12 rings (SSSR count). The Bertz CT molecular complexity index is 4130. The van der Waals surface area contributed by atoms with Crippen molar-refractivity contribution >= 4 is 86.6 Å². The molecule has 1 heteroatoms. The maximum atomic E-state index is 9.68. The van der Waals surface area contributed by atoms with Gasteiger partial charge in [0, 0.05) is 10.8 Å². The second-order valence-corrected chi connectivity index (χ2v) is 12.6. The molecular formula is C50H28O. The predicted octanol–water partition coefficient (Wildman–Crippen LogP) is 14.4. The molecule has 0 unspecified atom stereocenters. The largest absolute Gasteiger partial charge is 0.456 e. The second-order valence-electron chi connectivity index (χ2n) is 12.6. The van der Waals surface area contributed by atoms with Gasteiger partial charge >= 0.3 is 0 Å². The molecule has 1 nitrogen and oxygen atoms in total. The first-order chi connectivity index (χ1) is 32.8. The van der Waals surface area contributed by atoms with E-state index in [-0.39, 0.29) is 86.9 Å². The molecule has 12 aromatic rings. The van der Waals surface area contributed by atoms with E-state index in [0.29, 0.717) is 27.7 Å². The van der Waals surface area contributed by atoms with Crippen molar-refractivity contribution in [3.8, 4) is 33.4 Å². The van der Waals surface area contributed by atoms with Crippen molar-refractivity contribution in [1.29, 1.82) is 0 Å². The van der Waals surface area contributed by atoms with Crippen LogP contribution in [0.1, 0.15) is 24.7 Å². The molecule has 0 aliphatic carbocycles. The molecule has 0 bridgehead atoms. The van der Waals surface area contributed by atoms with Gasteiger partial charge in [0.15, 0.2) is 0 Å². The summed E-state index contributed by atoms with van der Waals surface area (Å²) in [6.07, 6.45) is 0. The van der Waals surface area contributed by atoms with Gasteiger partial charge < -0.3 is 4.42 Å². The maximum absolute atomic E-state index is 9.68. The van der Waals surface area contributed by atoms with Gasteiger partial charge in [0.2, 0.25) is 0 Å². The Hall–Kier alpha value is -6.70. The highest BCUT2D eigenvalue weighted by molar-refractivity contribution is 6.27. The van der Waals surface area contributed by atoms with Gasteiger partial charge in [0.25, 0.3) is 0 Å². The summed E-state index contributed by atoms with van der Waals surface area (Å²) in [6.45, 7) is 0. The topological polar surface area (TPSA) is 13.1 Å². The summed E-state index contributed by atoms with van der Waals surface area (Å²) in [7, 11) is 0. The fourth-order valence-corrected chi connectivity index (χ4v) is 7.64. The smallest absolute Gasteiger partial charge is 0.136 e. The zero-order chi connectivity index (χ0) is 48.9. The molecule has 0 fully saturated rings. The molecule has 0 radical (unpaired) electrons. The van der Waals surface area contributed by atoms with Crippen LogP contribution in [-0.2, 0) is 0 Å². The fourth-order valence-electron chi connectivity index (χ4n) is 7.64. The quantitative estimate of drug-likeness (QED) is 0.172. The molecule has 0 saturated heterocycles. The molecule has 0 N–H and O–H groups in total. The molecule has 0 amide bonds. The van der Waals surface area contributed by atoms with E-state index in [0.717, 1.165) is 5.39 Å². The van der Waals surface area contributed by atoms with Gasteiger partial charge in [0.05, 0.1) is 24.7 Å². The van der Waals surface area contributed by atoms with Gasteiger partial charge in [-0.05, 0) is 128 Å². The monoisotopic (exact) mass is 662 g/mol. The third kappa shape index (κ3) is 3.75. The van der Waals surface area contributed by atoms with E-state index < -0.39 is 109 Å². The Labute approximate surface area is 318 Å². The van der Waals surface area contributed by atoms with Gasteiger partial charge in [-0.25, -0.2) is 0 Å². The van der Waals surface area contributed by atoms with Crippen LogP contribution in [0.15, 0.2) is 174 Å². The highest BCUT2D eigenvalue weighted by Crippen LogP contribution is 2.45.